The Kier molecular flexibility index (Phi) is 6.62. The predicted octanol–water partition coefficient (Wildman–Crippen LogP) is 10.6. The average molecular weight is 572 g/mol. The molecule has 1 aromatic heterocycles. The maximum absolute atomic E-state index is 9.61. The summed E-state index contributed by atoms with van der Waals surface area (Å²) in [6, 6.07) is 45.9. The van der Waals surface area contributed by atoms with Gasteiger partial charge in [-0.15, -0.1) is 0 Å². The van der Waals surface area contributed by atoms with Crippen molar-refractivity contribution in [1.29, 1.82) is 10.5 Å². The second-order valence-electron chi connectivity index (χ2n) is 10.7. The molecule has 0 saturated carbocycles. The Labute approximate surface area is 260 Å². The Hall–Kier alpha value is -6.92. The van der Waals surface area contributed by atoms with Gasteiger partial charge >= 0.3 is 0 Å². The minimum absolute atomic E-state index is 0.415. The Balaban J connectivity index is 1.54. The molecule has 0 radical (unpaired) electrons. The minimum atomic E-state index is 0.415. The fourth-order valence-corrected chi connectivity index (χ4v) is 5.99. The molecule has 6 aromatic carbocycles. The molecule has 1 heterocycles. The first-order valence-electron chi connectivity index (χ1n) is 14.2. The first kappa shape index (κ1) is 26.9. The van der Waals surface area contributed by atoms with Gasteiger partial charge in [-0.05, 0) is 94.5 Å². The van der Waals surface area contributed by atoms with E-state index >= 15 is 0 Å². The van der Waals surface area contributed by atoms with Crippen LogP contribution in [-0.2, 0) is 0 Å². The number of benzene rings is 6. The Morgan fingerprint density at radius 2 is 1.00 bits per heavy atom. The normalized spacial score (nSPS) is 10.6. The Bertz CT molecular complexity index is 2280. The largest absolute Gasteiger partial charge is 0.309 e. The van der Waals surface area contributed by atoms with Crippen LogP contribution in [0.5, 0.6) is 0 Å². The van der Waals surface area contributed by atoms with Crippen molar-refractivity contribution in [3.05, 3.63) is 161 Å². The molecule has 45 heavy (non-hydrogen) atoms. The van der Waals surface area contributed by atoms with Crippen LogP contribution in [-0.4, -0.2) is 4.57 Å². The van der Waals surface area contributed by atoms with Gasteiger partial charge in [-0.25, -0.2) is 9.69 Å². The van der Waals surface area contributed by atoms with Gasteiger partial charge in [-0.3, -0.25) is 0 Å². The zero-order chi connectivity index (χ0) is 30.9. The molecule has 0 amide bonds. The summed E-state index contributed by atoms with van der Waals surface area (Å²) in [5, 5.41) is 21.2. The summed E-state index contributed by atoms with van der Waals surface area (Å²) in [6.07, 6.45) is 0. The fourth-order valence-electron chi connectivity index (χ4n) is 5.99. The first-order chi connectivity index (χ1) is 22.1. The Morgan fingerprint density at radius 3 is 1.51 bits per heavy atom. The van der Waals surface area contributed by atoms with Crippen molar-refractivity contribution in [3.8, 4) is 51.2 Å². The van der Waals surface area contributed by atoms with E-state index in [1.54, 1.807) is 12.1 Å². The van der Waals surface area contributed by atoms with Crippen LogP contribution < -0.4 is 0 Å². The molecule has 0 aliphatic heterocycles. The lowest BCUT2D eigenvalue weighted by molar-refractivity contribution is 1.18. The summed E-state index contributed by atoms with van der Waals surface area (Å²) in [5.74, 6) is 0. The van der Waals surface area contributed by atoms with Crippen molar-refractivity contribution < 1.29 is 0 Å². The lowest BCUT2D eigenvalue weighted by Gasteiger charge is -2.14. The Morgan fingerprint density at radius 1 is 0.489 bits per heavy atom. The van der Waals surface area contributed by atoms with E-state index in [2.05, 4.69) is 74.9 Å². The third-order valence-electron chi connectivity index (χ3n) is 8.01. The number of fused-ring (bicyclic) bond motifs is 3. The quantitative estimate of drug-likeness (QED) is 0.197. The van der Waals surface area contributed by atoms with E-state index in [-0.39, 0.29) is 0 Å². The van der Waals surface area contributed by atoms with Crippen LogP contribution in [0.4, 0.5) is 11.4 Å². The van der Waals surface area contributed by atoms with E-state index in [4.69, 9.17) is 13.1 Å². The van der Waals surface area contributed by atoms with Crippen molar-refractivity contribution in [2.75, 3.05) is 0 Å². The van der Waals surface area contributed by atoms with Crippen LogP contribution in [0.2, 0.25) is 0 Å². The van der Waals surface area contributed by atoms with Crippen molar-refractivity contribution in [3.63, 3.8) is 0 Å². The van der Waals surface area contributed by atoms with E-state index in [0.29, 0.717) is 22.5 Å². The molecule has 7 aromatic rings. The highest BCUT2D eigenvalue weighted by Crippen LogP contribution is 2.40. The summed E-state index contributed by atoms with van der Waals surface area (Å²) >= 11 is 0. The van der Waals surface area contributed by atoms with Crippen LogP contribution in [0.25, 0.3) is 70.6 Å². The second kappa shape index (κ2) is 11.1. The number of hydrogen-bond donors (Lipinski definition) is 0. The van der Waals surface area contributed by atoms with Crippen LogP contribution >= 0.6 is 0 Å². The molecule has 7 rings (SSSR count). The maximum Gasteiger partial charge on any atom is 0.189 e. The van der Waals surface area contributed by atoms with Crippen LogP contribution in [0.3, 0.4) is 0 Å². The van der Waals surface area contributed by atoms with Crippen LogP contribution in [0.1, 0.15) is 11.1 Å². The third-order valence-corrected chi connectivity index (χ3v) is 8.01. The zero-order valence-corrected chi connectivity index (χ0v) is 23.9. The minimum Gasteiger partial charge on any atom is -0.309 e. The van der Waals surface area contributed by atoms with Gasteiger partial charge in [0.15, 0.2) is 11.4 Å². The van der Waals surface area contributed by atoms with Gasteiger partial charge in [-0.2, -0.15) is 10.5 Å². The molecule has 0 aliphatic carbocycles. The molecular weight excluding hydrogens is 550 g/mol. The van der Waals surface area contributed by atoms with Gasteiger partial charge in [0.1, 0.15) is 0 Å². The van der Waals surface area contributed by atoms with Gasteiger partial charge in [0.2, 0.25) is 0 Å². The van der Waals surface area contributed by atoms with Gasteiger partial charge in [0.25, 0.3) is 0 Å². The molecule has 0 aliphatic rings. The van der Waals surface area contributed by atoms with Crippen molar-refractivity contribution in [2.24, 2.45) is 0 Å². The summed E-state index contributed by atoms with van der Waals surface area (Å²) < 4.78 is 2.27. The molecule has 0 fully saturated rings. The van der Waals surface area contributed by atoms with Gasteiger partial charge < -0.3 is 4.57 Å². The lowest BCUT2D eigenvalue weighted by Crippen LogP contribution is -1.97. The zero-order valence-electron chi connectivity index (χ0n) is 23.9. The number of aromatic nitrogens is 1. The summed E-state index contributed by atoms with van der Waals surface area (Å²) in [7, 11) is 0. The number of rotatable bonds is 4. The monoisotopic (exact) mass is 571 g/mol. The molecular formula is C40H21N5. The van der Waals surface area contributed by atoms with Gasteiger partial charge in [0.05, 0.1) is 42.0 Å². The van der Waals surface area contributed by atoms with E-state index in [9.17, 15) is 10.5 Å². The van der Waals surface area contributed by atoms with E-state index < -0.39 is 0 Å². The highest BCUT2D eigenvalue weighted by molar-refractivity contribution is 6.12. The van der Waals surface area contributed by atoms with E-state index in [1.807, 2.05) is 66.7 Å². The molecule has 0 spiro atoms. The molecule has 0 unspecified atom stereocenters. The van der Waals surface area contributed by atoms with Crippen molar-refractivity contribution in [1.82, 2.24) is 4.57 Å². The van der Waals surface area contributed by atoms with Crippen LogP contribution in [0.15, 0.2) is 127 Å². The molecule has 5 heteroatoms. The number of hydrogen-bond acceptors (Lipinski definition) is 2. The highest BCUT2D eigenvalue weighted by Gasteiger charge is 2.18. The molecule has 0 atom stereocenters. The number of para-hydroxylation sites is 1. The molecule has 0 bridgehead atoms. The molecule has 206 valence electrons. The smallest absolute Gasteiger partial charge is 0.189 e. The van der Waals surface area contributed by atoms with Crippen LogP contribution in [0, 0.1) is 35.8 Å². The lowest BCUT2D eigenvalue weighted by atomic mass is 9.98. The molecule has 0 N–H and O–H groups in total. The molecule has 0 saturated heterocycles. The average Bonchev–Trinajstić information content (AvgIpc) is 3.44. The maximum atomic E-state index is 9.61. The second-order valence-corrected chi connectivity index (χ2v) is 10.7. The van der Waals surface area contributed by atoms with E-state index in [0.717, 1.165) is 60.9 Å². The third kappa shape index (κ3) is 4.74. The summed E-state index contributed by atoms with van der Waals surface area (Å²) in [5.41, 5.74) is 10.3. The first-order valence-corrected chi connectivity index (χ1v) is 14.2. The summed E-state index contributed by atoms with van der Waals surface area (Å²) in [6.45, 7) is 15.1. The predicted molar refractivity (Wildman–Crippen MR) is 179 cm³/mol. The standard InChI is InChI=1S/C40H21N5/c1-43-33-18-26(24-41)16-31(20-33)29-12-14-39-36(22-29)37-23-30(32-17-27(25-42)19-34(21-32)44-2)13-15-40(37)45(39)38-11-7-6-10-35(38)28-8-4-3-5-9-28/h3-23H. The van der Waals surface area contributed by atoms with Crippen molar-refractivity contribution >= 4 is 33.2 Å². The van der Waals surface area contributed by atoms with Gasteiger partial charge in [-0.1, -0.05) is 60.7 Å². The fraction of sp³-hybridized carbons (Fsp3) is 0. The molecule has 5 nitrogen and oxygen atoms in total. The van der Waals surface area contributed by atoms with E-state index in [1.165, 1.54) is 0 Å². The van der Waals surface area contributed by atoms with Crippen molar-refractivity contribution in [2.45, 2.75) is 0 Å². The highest BCUT2D eigenvalue weighted by atomic mass is 15.0. The summed E-state index contributed by atoms with van der Waals surface area (Å²) in [4.78, 5) is 7.17. The number of nitrogens with zero attached hydrogens (tertiary/aromatic N) is 5. The SMILES string of the molecule is [C-]#[N+]c1cc(C#N)cc(-c2ccc3c(c2)c2cc(-c4cc(C#N)cc([N+]#[C-])c4)ccc2n3-c2ccccc2-c2ccccc2)c1. The van der Waals surface area contributed by atoms with Gasteiger partial charge in [0, 0.05) is 27.5 Å². The number of nitriles is 2. The topological polar surface area (TPSA) is 61.2 Å².